The molecule has 0 amide bonds. The van der Waals surface area contributed by atoms with Crippen LogP contribution in [0.4, 0.5) is 4.39 Å². The fourth-order valence-corrected chi connectivity index (χ4v) is 2.93. The summed E-state index contributed by atoms with van der Waals surface area (Å²) in [7, 11) is 3.09. The number of rotatable bonds is 7. The summed E-state index contributed by atoms with van der Waals surface area (Å²) in [5, 5.41) is 3.33. The first-order valence-electron chi connectivity index (χ1n) is 7.68. The Morgan fingerprint density at radius 3 is 2.50 bits per heavy atom. The van der Waals surface area contributed by atoms with Gasteiger partial charge in [0.1, 0.15) is 5.82 Å². The molecule has 5 heteroatoms. The van der Waals surface area contributed by atoms with Crippen LogP contribution in [0.3, 0.4) is 0 Å². The molecule has 0 radical (unpaired) electrons. The Kier molecular flexibility index (Phi) is 6.21. The van der Waals surface area contributed by atoms with Crippen LogP contribution in [0.1, 0.15) is 24.4 Å². The topological polar surface area (TPSA) is 33.7 Å². The first kappa shape index (κ1) is 16.8. The second-order valence-corrected chi connectivity index (χ2v) is 5.40. The predicted molar refractivity (Wildman–Crippen MR) is 86.1 cm³/mol. The number of allylic oxidation sites excluding steroid dienone is 1. The molecule has 1 N–H and O–H groups in total. The van der Waals surface area contributed by atoms with Gasteiger partial charge in [-0.15, -0.1) is 6.58 Å². The second kappa shape index (κ2) is 8.15. The van der Waals surface area contributed by atoms with Gasteiger partial charge in [-0.2, -0.15) is 0 Å². The number of hydrogen-bond acceptors (Lipinski definition) is 4. The summed E-state index contributed by atoms with van der Waals surface area (Å²) < 4.78 is 25.1. The average molecular weight is 308 g/mol. The first-order chi connectivity index (χ1) is 10.7. The third-order valence-electron chi connectivity index (χ3n) is 4.10. The maximum absolute atomic E-state index is 14.6. The molecule has 0 bridgehead atoms. The van der Waals surface area contributed by atoms with Crippen molar-refractivity contribution in [2.45, 2.75) is 18.9 Å². The fourth-order valence-electron chi connectivity index (χ4n) is 2.93. The summed E-state index contributed by atoms with van der Waals surface area (Å²) in [6.45, 7) is 7.47. The third-order valence-corrected chi connectivity index (χ3v) is 4.10. The van der Waals surface area contributed by atoms with Gasteiger partial charge in [0.05, 0.1) is 14.2 Å². The summed E-state index contributed by atoms with van der Waals surface area (Å²) in [5.74, 6) is 0.745. The predicted octanol–water partition coefficient (Wildman–Crippen LogP) is 2.76. The maximum atomic E-state index is 14.6. The molecule has 2 rings (SSSR count). The van der Waals surface area contributed by atoms with E-state index in [9.17, 15) is 4.39 Å². The van der Waals surface area contributed by atoms with E-state index >= 15 is 0 Å². The fraction of sp³-hybridized carbons (Fsp3) is 0.529. The minimum absolute atomic E-state index is 0.0277. The first-order valence-corrected chi connectivity index (χ1v) is 7.68. The summed E-state index contributed by atoms with van der Waals surface area (Å²) in [6.07, 6.45) is 3.58. The number of methoxy groups -OCH3 is 2. The van der Waals surface area contributed by atoms with Crippen LogP contribution in [-0.2, 0) is 0 Å². The van der Waals surface area contributed by atoms with Gasteiger partial charge in [0.15, 0.2) is 11.5 Å². The second-order valence-electron chi connectivity index (χ2n) is 5.40. The van der Waals surface area contributed by atoms with E-state index in [1.165, 1.54) is 13.2 Å². The molecule has 0 saturated carbocycles. The van der Waals surface area contributed by atoms with Crippen molar-refractivity contribution >= 4 is 0 Å². The number of piperazine rings is 1. The highest BCUT2D eigenvalue weighted by Gasteiger charge is 2.25. The van der Waals surface area contributed by atoms with Crippen LogP contribution in [0.15, 0.2) is 24.8 Å². The van der Waals surface area contributed by atoms with Crippen LogP contribution < -0.4 is 14.8 Å². The van der Waals surface area contributed by atoms with Crippen molar-refractivity contribution in [1.82, 2.24) is 10.2 Å². The van der Waals surface area contributed by atoms with E-state index in [1.807, 2.05) is 6.08 Å². The molecule has 0 aliphatic carbocycles. The Morgan fingerprint density at radius 1 is 1.27 bits per heavy atom. The van der Waals surface area contributed by atoms with E-state index in [-0.39, 0.29) is 11.9 Å². The molecule has 1 aliphatic rings. The molecule has 1 fully saturated rings. The Morgan fingerprint density at radius 2 is 1.91 bits per heavy atom. The van der Waals surface area contributed by atoms with Gasteiger partial charge in [0, 0.05) is 43.9 Å². The van der Waals surface area contributed by atoms with Gasteiger partial charge in [-0.3, -0.25) is 4.90 Å². The van der Waals surface area contributed by atoms with Crippen molar-refractivity contribution in [3.05, 3.63) is 36.2 Å². The van der Waals surface area contributed by atoms with E-state index in [4.69, 9.17) is 9.47 Å². The largest absolute Gasteiger partial charge is 0.493 e. The zero-order chi connectivity index (χ0) is 15.9. The normalized spacial score (nSPS) is 17.0. The highest BCUT2D eigenvalue weighted by Crippen LogP contribution is 2.36. The minimum atomic E-state index is -0.245. The summed E-state index contributed by atoms with van der Waals surface area (Å²) in [5.41, 5.74) is 0.668. The molecule has 1 saturated heterocycles. The van der Waals surface area contributed by atoms with Crippen molar-refractivity contribution in [3.8, 4) is 11.5 Å². The molecule has 1 aromatic rings. The molecule has 0 aromatic heterocycles. The molecule has 0 unspecified atom stereocenters. The van der Waals surface area contributed by atoms with E-state index in [0.717, 1.165) is 39.0 Å². The lowest BCUT2D eigenvalue weighted by atomic mass is 9.98. The van der Waals surface area contributed by atoms with Crippen molar-refractivity contribution in [2.24, 2.45) is 0 Å². The molecule has 0 spiro atoms. The van der Waals surface area contributed by atoms with E-state index in [1.54, 1.807) is 13.2 Å². The number of ether oxygens (including phenoxy) is 2. The SMILES string of the molecule is C=CCC[C@H](c1cc(OC)c(OC)cc1F)N1CCNCC1. The van der Waals surface area contributed by atoms with E-state index in [0.29, 0.717) is 17.1 Å². The number of benzene rings is 1. The zero-order valence-corrected chi connectivity index (χ0v) is 13.4. The van der Waals surface area contributed by atoms with Gasteiger partial charge in [0.2, 0.25) is 0 Å². The lowest BCUT2D eigenvalue weighted by Crippen LogP contribution is -2.45. The van der Waals surface area contributed by atoms with Gasteiger partial charge < -0.3 is 14.8 Å². The van der Waals surface area contributed by atoms with Gasteiger partial charge in [-0.25, -0.2) is 4.39 Å². The van der Waals surface area contributed by atoms with Gasteiger partial charge in [-0.1, -0.05) is 6.08 Å². The Bertz CT molecular complexity index is 502. The van der Waals surface area contributed by atoms with E-state index < -0.39 is 0 Å². The van der Waals surface area contributed by atoms with Crippen molar-refractivity contribution in [1.29, 1.82) is 0 Å². The van der Waals surface area contributed by atoms with Crippen LogP contribution in [-0.4, -0.2) is 45.3 Å². The Hall–Kier alpha value is -1.59. The monoisotopic (exact) mass is 308 g/mol. The summed E-state index contributed by atoms with van der Waals surface area (Å²) in [6, 6.07) is 3.21. The lowest BCUT2D eigenvalue weighted by molar-refractivity contribution is 0.162. The number of halogens is 1. The molecule has 1 atom stereocenters. The van der Waals surface area contributed by atoms with Crippen LogP contribution in [0.25, 0.3) is 0 Å². The maximum Gasteiger partial charge on any atom is 0.163 e. The lowest BCUT2D eigenvalue weighted by Gasteiger charge is -2.35. The van der Waals surface area contributed by atoms with Crippen LogP contribution in [0.5, 0.6) is 11.5 Å². The molecule has 122 valence electrons. The van der Waals surface area contributed by atoms with Crippen LogP contribution in [0.2, 0.25) is 0 Å². The van der Waals surface area contributed by atoms with Crippen molar-refractivity contribution < 1.29 is 13.9 Å². The highest BCUT2D eigenvalue weighted by molar-refractivity contribution is 5.44. The summed E-state index contributed by atoms with van der Waals surface area (Å²) in [4.78, 5) is 2.32. The molecular formula is C17H25FN2O2. The van der Waals surface area contributed by atoms with E-state index in [2.05, 4.69) is 16.8 Å². The number of hydrogen-bond donors (Lipinski definition) is 1. The van der Waals surface area contributed by atoms with Crippen molar-refractivity contribution in [2.75, 3.05) is 40.4 Å². The van der Waals surface area contributed by atoms with Gasteiger partial charge >= 0.3 is 0 Å². The zero-order valence-electron chi connectivity index (χ0n) is 13.4. The quantitative estimate of drug-likeness (QED) is 0.785. The Balaban J connectivity index is 2.34. The minimum Gasteiger partial charge on any atom is -0.493 e. The Labute approximate surface area is 131 Å². The number of nitrogens with zero attached hydrogens (tertiary/aromatic N) is 1. The van der Waals surface area contributed by atoms with Crippen LogP contribution in [0, 0.1) is 5.82 Å². The van der Waals surface area contributed by atoms with Crippen LogP contribution >= 0.6 is 0 Å². The molecule has 1 heterocycles. The molecular weight excluding hydrogens is 283 g/mol. The smallest absolute Gasteiger partial charge is 0.163 e. The number of nitrogens with one attached hydrogen (secondary N) is 1. The highest BCUT2D eigenvalue weighted by atomic mass is 19.1. The molecule has 22 heavy (non-hydrogen) atoms. The molecule has 1 aromatic carbocycles. The van der Waals surface area contributed by atoms with Gasteiger partial charge in [-0.05, 0) is 18.9 Å². The summed E-state index contributed by atoms with van der Waals surface area (Å²) >= 11 is 0. The van der Waals surface area contributed by atoms with Gasteiger partial charge in [0.25, 0.3) is 0 Å². The standard InChI is InChI=1S/C17H25FN2O2/c1-4-5-6-15(20-9-7-19-8-10-20)13-11-16(21-2)17(22-3)12-14(13)18/h4,11-12,15,19H,1,5-10H2,2-3H3/t15-/m1/s1. The average Bonchev–Trinajstić information content (AvgIpc) is 2.57. The van der Waals surface area contributed by atoms with Crippen molar-refractivity contribution in [3.63, 3.8) is 0 Å². The molecule has 1 aliphatic heterocycles. The molecule has 4 nitrogen and oxygen atoms in total. The third kappa shape index (κ3) is 3.78.